The van der Waals surface area contributed by atoms with Crippen LogP contribution in [0, 0.1) is 0 Å². The Morgan fingerprint density at radius 2 is 0.853 bits per heavy atom. The molecule has 0 fully saturated rings. The van der Waals surface area contributed by atoms with Gasteiger partial charge in [-0.05, 0) is 71.9 Å². The fourth-order valence-corrected chi connectivity index (χ4v) is 4.68. The highest BCUT2D eigenvalue weighted by atomic mass is 15.2. The Bertz CT molecular complexity index is 974. The van der Waals surface area contributed by atoms with Crippen LogP contribution in [0.25, 0.3) is 0 Å². The molecule has 0 aliphatic carbocycles. The van der Waals surface area contributed by atoms with E-state index in [1.165, 1.54) is 22.8 Å². The van der Waals surface area contributed by atoms with E-state index in [-0.39, 0.29) is 16.6 Å². The van der Waals surface area contributed by atoms with Crippen LogP contribution in [0.15, 0.2) is 78.9 Å². The van der Waals surface area contributed by atoms with Crippen molar-refractivity contribution in [1.82, 2.24) is 0 Å². The second kappa shape index (κ2) is 9.82. The van der Waals surface area contributed by atoms with E-state index >= 15 is 0 Å². The lowest BCUT2D eigenvalue weighted by atomic mass is 10.0. The van der Waals surface area contributed by atoms with Gasteiger partial charge in [0.15, 0.2) is 5.54 Å². The van der Waals surface area contributed by atoms with Gasteiger partial charge in [0.05, 0.1) is 0 Å². The molecule has 0 unspecified atom stereocenters. The van der Waals surface area contributed by atoms with Crippen molar-refractivity contribution in [2.45, 2.75) is 92.0 Å². The predicted molar refractivity (Wildman–Crippen MR) is 146 cm³/mol. The first-order chi connectivity index (χ1) is 15.8. The zero-order valence-corrected chi connectivity index (χ0v) is 22.8. The molecule has 182 valence electrons. The van der Waals surface area contributed by atoms with E-state index in [1.54, 1.807) is 0 Å². The van der Waals surface area contributed by atoms with E-state index < -0.39 is 0 Å². The van der Waals surface area contributed by atoms with E-state index in [1.807, 2.05) is 0 Å². The molecule has 0 bridgehead atoms. The molecule has 0 radical (unpaired) electrons. The van der Waals surface area contributed by atoms with E-state index in [0.29, 0.717) is 0 Å². The van der Waals surface area contributed by atoms with E-state index in [9.17, 15) is 0 Å². The van der Waals surface area contributed by atoms with E-state index in [4.69, 9.17) is 0 Å². The average molecular weight is 459 g/mol. The molecule has 0 aliphatic heterocycles. The van der Waals surface area contributed by atoms with Gasteiger partial charge in [-0.2, -0.15) is 4.57 Å². The van der Waals surface area contributed by atoms with Gasteiger partial charge in [-0.1, -0.05) is 36.4 Å². The lowest BCUT2D eigenvalue weighted by Gasteiger charge is -2.39. The van der Waals surface area contributed by atoms with Crippen molar-refractivity contribution in [3.8, 4) is 0 Å². The first kappa shape index (κ1) is 25.8. The van der Waals surface area contributed by atoms with Crippen molar-refractivity contribution in [2.24, 2.45) is 0 Å². The first-order valence-electron chi connectivity index (χ1n) is 12.5. The molecule has 0 aliphatic rings. The number of hydrogen-bond donors (Lipinski definition) is 0. The van der Waals surface area contributed by atoms with Gasteiger partial charge in [0.1, 0.15) is 13.1 Å². The van der Waals surface area contributed by atoms with E-state index in [2.05, 4.69) is 156 Å². The summed E-state index contributed by atoms with van der Waals surface area (Å²) in [6, 6.07) is 28.4. The summed E-state index contributed by atoms with van der Waals surface area (Å²) in [6.07, 6.45) is 0. The van der Waals surface area contributed by atoms with Crippen LogP contribution in [-0.4, -0.2) is 11.1 Å². The Labute approximate surface area is 208 Å². The number of hydrogen-bond acceptors (Lipinski definition) is 2. The third-order valence-corrected chi connectivity index (χ3v) is 6.22. The van der Waals surface area contributed by atoms with E-state index in [0.717, 1.165) is 13.1 Å². The summed E-state index contributed by atoms with van der Waals surface area (Å²) in [5.74, 6) is 0. The van der Waals surface area contributed by atoms with Crippen LogP contribution in [0.2, 0.25) is 0 Å². The van der Waals surface area contributed by atoms with Crippen LogP contribution >= 0.6 is 0 Å². The fourth-order valence-electron chi connectivity index (χ4n) is 4.68. The summed E-state index contributed by atoms with van der Waals surface area (Å²) in [5, 5.41) is 0. The summed E-state index contributed by atoms with van der Waals surface area (Å²) in [5.41, 5.74) is 5.09. The van der Waals surface area contributed by atoms with Crippen molar-refractivity contribution < 1.29 is 4.57 Å². The highest BCUT2D eigenvalue weighted by Gasteiger charge is 2.34. The number of nitrogens with zero attached hydrogens (tertiary/aromatic N) is 3. The Morgan fingerprint density at radius 1 is 0.500 bits per heavy atom. The molecule has 1 aromatic heterocycles. The van der Waals surface area contributed by atoms with Gasteiger partial charge in [-0.3, -0.25) is 0 Å². The number of pyridine rings is 1. The van der Waals surface area contributed by atoms with Crippen molar-refractivity contribution >= 4 is 11.4 Å². The molecule has 3 heteroatoms. The molecule has 0 N–H and O–H groups in total. The molecule has 3 aromatic rings. The number of rotatable bonds is 6. The second-order valence-electron chi connectivity index (χ2n) is 12.2. The fraction of sp³-hybridized carbons (Fsp3) is 0.452. The minimum atomic E-state index is -0.0492. The van der Waals surface area contributed by atoms with Crippen LogP contribution in [0.1, 0.15) is 73.7 Å². The number of anilines is 2. The minimum Gasteiger partial charge on any atom is -0.356 e. The van der Waals surface area contributed by atoms with Gasteiger partial charge < -0.3 is 9.80 Å². The summed E-state index contributed by atoms with van der Waals surface area (Å²) < 4.78 is 2.55. The molecule has 0 spiro atoms. The summed E-state index contributed by atoms with van der Waals surface area (Å²) >= 11 is 0. The summed E-state index contributed by atoms with van der Waals surface area (Å²) in [6.45, 7) is 22.4. The molecule has 0 atom stereocenters. The first-order valence-corrected chi connectivity index (χ1v) is 12.5. The Morgan fingerprint density at radius 3 is 1.15 bits per heavy atom. The Kier molecular flexibility index (Phi) is 7.45. The quantitative estimate of drug-likeness (QED) is 0.358. The van der Waals surface area contributed by atoms with Gasteiger partial charge in [0.2, 0.25) is 11.4 Å². The molecule has 34 heavy (non-hydrogen) atoms. The van der Waals surface area contributed by atoms with Gasteiger partial charge in [-0.25, -0.2) is 0 Å². The molecule has 0 amide bonds. The lowest BCUT2D eigenvalue weighted by Crippen LogP contribution is -2.59. The van der Waals surface area contributed by atoms with Crippen molar-refractivity contribution in [1.29, 1.82) is 0 Å². The van der Waals surface area contributed by atoms with Crippen LogP contribution in [0.3, 0.4) is 0 Å². The van der Waals surface area contributed by atoms with Crippen molar-refractivity contribution in [3.05, 3.63) is 90.3 Å². The zero-order valence-electron chi connectivity index (χ0n) is 22.8. The standard InChI is InChI=1S/C31H44N3/c1-29(2,3)32(25-17-12-10-13-18-25)23-27-21-16-22-28(34(27)31(7,8)9)24-33(30(4,5)6)26-19-14-11-15-20-26/h10-22H,23-24H2,1-9H3/q+1. The van der Waals surface area contributed by atoms with Crippen molar-refractivity contribution in [3.63, 3.8) is 0 Å². The lowest BCUT2D eigenvalue weighted by molar-refractivity contribution is -0.766. The highest BCUT2D eigenvalue weighted by Crippen LogP contribution is 2.28. The largest absolute Gasteiger partial charge is 0.356 e. The highest BCUT2D eigenvalue weighted by molar-refractivity contribution is 5.49. The van der Waals surface area contributed by atoms with Crippen LogP contribution in [-0.2, 0) is 18.6 Å². The Balaban J connectivity index is 2.09. The van der Waals surface area contributed by atoms with Gasteiger partial charge >= 0.3 is 0 Å². The molecule has 3 nitrogen and oxygen atoms in total. The zero-order chi connectivity index (χ0) is 25.1. The van der Waals surface area contributed by atoms with Crippen LogP contribution in [0.4, 0.5) is 11.4 Å². The third kappa shape index (κ3) is 6.20. The van der Waals surface area contributed by atoms with Crippen molar-refractivity contribution in [2.75, 3.05) is 9.80 Å². The second-order valence-corrected chi connectivity index (χ2v) is 12.2. The van der Waals surface area contributed by atoms with Crippen LogP contribution in [0.5, 0.6) is 0 Å². The molecule has 1 heterocycles. The molecule has 2 aromatic carbocycles. The molecule has 0 saturated carbocycles. The number of para-hydroxylation sites is 2. The molecule has 0 saturated heterocycles. The summed E-state index contributed by atoms with van der Waals surface area (Å²) in [4.78, 5) is 5.01. The smallest absolute Gasteiger partial charge is 0.201 e. The molecule has 3 rings (SSSR count). The maximum absolute atomic E-state index is 2.55. The van der Waals surface area contributed by atoms with Gasteiger partial charge in [0.25, 0.3) is 0 Å². The minimum absolute atomic E-state index is 0.00540. The van der Waals surface area contributed by atoms with Gasteiger partial charge in [0, 0.05) is 55.4 Å². The predicted octanol–water partition coefficient (Wildman–Crippen LogP) is 7.34. The average Bonchev–Trinajstić information content (AvgIpc) is 2.74. The SMILES string of the molecule is CC(C)(C)N(Cc1cccc(CN(c2ccccc2)C(C)(C)C)[n+]1C(C)(C)C)c1ccccc1. The third-order valence-electron chi connectivity index (χ3n) is 6.22. The topological polar surface area (TPSA) is 10.4 Å². The summed E-state index contributed by atoms with van der Waals surface area (Å²) in [7, 11) is 0. The molecular formula is C31H44N3+. The molecular weight excluding hydrogens is 414 g/mol. The number of aromatic nitrogens is 1. The Hall–Kier alpha value is -2.81. The monoisotopic (exact) mass is 458 g/mol. The number of benzene rings is 2. The normalized spacial score (nSPS) is 12.5. The maximum Gasteiger partial charge on any atom is 0.201 e. The maximum atomic E-state index is 2.55. The van der Waals surface area contributed by atoms with Crippen LogP contribution < -0.4 is 14.4 Å². The van der Waals surface area contributed by atoms with Gasteiger partial charge in [-0.15, -0.1) is 0 Å².